The van der Waals surface area contributed by atoms with Crippen molar-refractivity contribution in [2.24, 2.45) is 10.2 Å². The topological polar surface area (TPSA) is 119 Å². The second kappa shape index (κ2) is 9.03. The molecular formula is C20H13Cl2N5O4S. The Morgan fingerprint density at radius 3 is 2.62 bits per heavy atom. The molecule has 0 bridgehead atoms. The molecule has 2 heterocycles. The summed E-state index contributed by atoms with van der Waals surface area (Å²) < 4.78 is 6.35. The number of benzene rings is 2. The first-order chi connectivity index (χ1) is 15.4. The Bertz CT molecular complexity index is 1460. The molecule has 162 valence electrons. The Hall–Kier alpha value is -3.34. The lowest BCUT2D eigenvalue weighted by Crippen LogP contribution is -2.10. The van der Waals surface area contributed by atoms with Gasteiger partial charge in [0.25, 0.3) is 5.56 Å². The van der Waals surface area contributed by atoms with Gasteiger partial charge >= 0.3 is 5.97 Å². The van der Waals surface area contributed by atoms with Gasteiger partial charge in [-0.2, -0.15) is 15.2 Å². The van der Waals surface area contributed by atoms with Crippen molar-refractivity contribution in [1.29, 1.82) is 0 Å². The van der Waals surface area contributed by atoms with Crippen LogP contribution in [0.2, 0.25) is 10.0 Å². The largest absolute Gasteiger partial charge is 0.503 e. The molecule has 0 saturated heterocycles. The van der Waals surface area contributed by atoms with Crippen LogP contribution >= 0.6 is 34.5 Å². The fourth-order valence-electron chi connectivity index (χ4n) is 2.72. The van der Waals surface area contributed by atoms with E-state index in [0.29, 0.717) is 26.6 Å². The van der Waals surface area contributed by atoms with E-state index in [2.05, 4.69) is 20.3 Å². The third-order valence-electron chi connectivity index (χ3n) is 4.16. The van der Waals surface area contributed by atoms with Gasteiger partial charge in [-0.25, -0.2) is 9.31 Å². The van der Waals surface area contributed by atoms with E-state index >= 15 is 0 Å². The van der Waals surface area contributed by atoms with Crippen molar-refractivity contribution in [3.05, 3.63) is 73.6 Å². The van der Waals surface area contributed by atoms with Crippen molar-refractivity contribution in [3.8, 4) is 0 Å². The number of hydrogen-bond acceptors (Lipinski definition) is 9. The van der Waals surface area contributed by atoms with Crippen molar-refractivity contribution in [1.82, 2.24) is 14.6 Å². The molecule has 0 amide bonds. The number of rotatable bonds is 5. The lowest BCUT2D eigenvalue weighted by molar-refractivity contribution is -0.138. The van der Waals surface area contributed by atoms with Crippen LogP contribution in [0.1, 0.15) is 11.9 Å². The van der Waals surface area contributed by atoms with Gasteiger partial charge in [0.05, 0.1) is 23.2 Å². The average molecular weight is 490 g/mol. The van der Waals surface area contributed by atoms with Crippen LogP contribution in [0.4, 0.5) is 5.69 Å². The van der Waals surface area contributed by atoms with Gasteiger partial charge < -0.3 is 9.84 Å². The second-order valence-corrected chi connectivity index (χ2v) is 8.10. The zero-order chi connectivity index (χ0) is 22.8. The number of ether oxygens (including phenoxy) is 1. The first-order valence-electron chi connectivity index (χ1n) is 9.14. The number of carbonyl (C=O) groups excluding carboxylic acids is 1. The van der Waals surface area contributed by atoms with Crippen LogP contribution in [-0.2, 0) is 9.53 Å². The molecule has 12 heteroatoms. The van der Waals surface area contributed by atoms with E-state index in [0.717, 1.165) is 11.3 Å². The number of carbonyl (C=O) groups is 1. The summed E-state index contributed by atoms with van der Waals surface area (Å²) in [6, 6.07) is 11.1. The van der Waals surface area contributed by atoms with Crippen molar-refractivity contribution < 1.29 is 14.6 Å². The highest BCUT2D eigenvalue weighted by Gasteiger charge is 2.22. The number of fused-ring (bicyclic) bond motifs is 3. The fraction of sp³-hybridized carbons (Fsp3) is 0.100. The first-order valence-corrected chi connectivity index (χ1v) is 10.7. The summed E-state index contributed by atoms with van der Waals surface area (Å²) in [5.74, 6) is -1.46. The van der Waals surface area contributed by atoms with Crippen LogP contribution in [0.15, 0.2) is 63.2 Å². The van der Waals surface area contributed by atoms with E-state index in [1.54, 1.807) is 49.4 Å². The van der Waals surface area contributed by atoms with E-state index in [1.807, 2.05) is 0 Å². The fourth-order valence-corrected chi connectivity index (χ4v) is 3.85. The molecule has 0 aliphatic rings. The zero-order valence-corrected chi connectivity index (χ0v) is 18.6. The number of hydrogen-bond donors (Lipinski definition) is 1. The van der Waals surface area contributed by atoms with Crippen LogP contribution in [0.3, 0.4) is 0 Å². The van der Waals surface area contributed by atoms with Gasteiger partial charge in [-0.15, -0.1) is 5.11 Å². The molecule has 0 atom stereocenters. The molecule has 0 spiro atoms. The summed E-state index contributed by atoms with van der Waals surface area (Å²) in [6.45, 7) is 1.68. The molecule has 4 aromatic rings. The minimum atomic E-state index is -0.891. The normalized spacial score (nSPS) is 12.5. The molecule has 1 N–H and O–H groups in total. The molecular weight excluding hydrogens is 477 g/mol. The maximum atomic E-state index is 12.4. The van der Waals surface area contributed by atoms with Crippen LogP contribution in [-0.4, -0.2) is 32.3 Å². The Morgan fingerprint density at radius 2 is 1.91 bits per heavy atom. The standard InChI is InChI=1S/C20H13Cl2N5O4S/c1-2-31-19(30)15(25-24-12-6-3-10(21)4-7-12)16(28)18-26-27-14-9-11(22)5-8-13(14)17(29)23-20(27)32-18/h3-9,28H,2H2,1H3/b16-15-,25-24?. The van der Waals surface area contributed by atoms with Crippen LogP contribution in [0.25, 0.3) is 21.6 Å². The Balaban J connectivity index is 1.86. The average Bonchev–Trinajstić information content (AvgIpc) is 3.19. The Morgan fingerprint density at radius 1 is 1.19 bits per heavy atom. The van der Waals surface area contributed by atoms with Gasteiger partial charge in [0.2, 0.25) is 10.7 Å². The zero-order valence-electron chi connectivity index (χ0n) is 16.3. The van der Waals surface area contributed by atoms with Crippen LogP contribution in [0, 0.1) is 0 Å². The molecule has 0 radical (unpaired) electrons. The number of aromatic nitrogens is 3. The third kappa shape index (κ3) is 4.33. The molecule has 2 aromatic carbocycles. The molecule has 4 rings (SSSR count). The summed E-state index contributed by atoms with van der Waals surface area (Å²) in [7, 11) is 0. The Labute approximate surface area is 194 Å². The third-order valence-corrected chi connectivity index (χ3v) is 5.57. The van der Waals surface area contributed by atoms with E-state index in [-0.39, 0.29) is 16.6 Å². The maximum Gasteiger partial charge on any atom is 0.362 e. The highest BCUT2D eigenvalue weighted by atomic mass is 35.5. The minimum absolute atomic E-state index is 0.0116. The van der Waals surface area contributed by atoms with Crippen molar-refractivity contribution >= 4 is 67.8 Å². The van der Waals surface area contributed by atoms with Gasteiger partial charge in [-0.05, 0) is 49.4 Å². The molecule has 0 aliphatic heterocycles. The molecule has 0 unspecified atom stereocenters. The number of aliphatic hydroxyl groups is 1. The van der Waals surface area contributed by atoms with Gasteiger partial charge in [-0.3, -0.25) is 4.79 Å². The molecule has 9 nitrogen and oxygen atoms in total. The smallest absolute Gasteiger partial charge is 0.362 e. The summed E-state index contributed by atoms with van der Waals surface area (Å²) in [5.41, 5.74) is -0.112. The number of halogens is 2. The molecule has 0 saturated carbocycles. The maximum absolute atomic E-state index is 12.4. The summed E-state index contributed by atoms with van der Waals surface area (Å²) >= 11 is 12.8. The number of azo groups is 1. The predicted octanol–water partition coefficient (Wildman–Crippen LogP) is 5.18. The van der Waals surface area contributed by atoms with Crippen molar-refractivity contribution in [2.75, 3.05) is 6.61 Å². The van der Waals surface area contributed by atoms with Crippen molar-refractivity contribution in [3.63, 3.8) is 0 Å². The predicted molar refractivity (Wildman–Crippen MR) is 122 cm³/mol. The van der Waals surface area contributed by atoms with Gasteiger partial charge in [0.15, 0.2) is 10.8 Å². The molecule has 0 fully saturated rings. The van der Waals surface area contributed by atoms with E-state index < -0.39 is 23.0 Å². The molecule has 32 heavy (non-hydrogen) atoms. The van der Waals surface area contributed by atoms with Crippen LogP contribution < -0.4 is 5.56 Å². The minimum Gasteiger partial charge on any atom is -0.503 e. The van der Waals surface area contributed by atoms with Gasteiger partial charge in [0.1, 0.15) is 0 Å². The second-order valence-electron chi connectivity index (χ2n) is 6.27. The first kappa shape index (κ1) is 21.9. The number of aliphatic hydroxyl groups excluding tert-OH is 1. The summed E-state index contributed by atoms with van der Waals surface area (Å²) in [4.78, 5) is 28.9. The Kier molecular flexibility index (Phi) is 6.17. The SMILES string of the molecule is CCOC(=O)/C(N=Nc1ccc(Cl)cc1)=C(/O)c1nn2c(nc(=O)c3ccc(Cl)cc32)s1. The van der Waals surface area contributed by atoms with Crippen LogP contribution in [0.5, 0.6) is 0 Å². The summed E-state index contributed by atoms with van der Waals surface area (Å²) in [5, 5.41) is 24.1. The molecule has 0 aliphatic carbocycles. The lowest BCUT2D eigenvalue weighted by Gasteiger charge is -2.03. The summed E-state index contributed by atoms with van der Waals surface area (Å²) in [6.07, 6.45) is 0. The van der Waals surface area contributed by atoms with Crippen molar-refractivity contribution in [2.45, 2.75) is 6.92 Å². The highest BCUT2D eigenvalue weighted by molar-refractivity contribution is 7.17. The van der Waals surface area contributed by atoms with Gasteiger partial charge in [-0.1, -0.05) is 34.5 Å². The van der Waals surface area contributed by atoms with E-state index in [9.17, 15) is 14.7 Å². The number of esters is 1. The van der Waals surface area contributed by atoms with E-state index in [4.69, 9.17) is 27.9 Å². The highest BCUT2D eigenvalue weighted by Crippen LogP contribution is 2.27. The quantitative estimate of drug-likeness (QED) is 0.178. The lowest BCUT2D eigenvalue weighted by atomic mass is 10.2. The number of nitrogens with zero attached hydrogens (tertiary/aromatic N) is 5. The molecule has 2 aromatic heterocycles. The van der Waals surface area contributed by atoms with Gasteiger partial charge in [0, 0.05) is 10.0 Å². The van der Waals surface area contributed by atoms with E-state index in [1.165, 1.54) is 4.52 Å². The monoisotopic (exact) mass is 489 g/mol.